The third-order valence-electron chi connectivity index (χ3n) is 3.85. The zero-order valence-corrected chi connectivity index (χ0v) is 13.0. The Balaban J connectivity index is 2.08. The Hall–Kier alpha value is -0.840. The second kappa shape index (κ2) is 5.88. The van der Waals surface area contributed by atoms with Crippen molar-refractivity contribution in [2.24, 2.45) is 0 Å². The molecule has 1 fully saturated rings. The third-order valence-corrected chi connectivity index (χ3v) is 4.25. The number of fused-ring (bicyclic) bond motifs is 1. The summed E-state index contributed by atoms with van der Waals surface area (Å²) in [6, 6.07) is 2.30. The van der Waals surface area contributed by atoms with Crippen molar-refractivity contribution in [2.75, 3.05) is 26.0 Å². The number of piperidine rings is 1. The highest BCUT2D eigenvalue weighted by Gasteiger charge is 2.24. The normalized spacial score (nSPS) is 20.6. The van der Waals surface area contributed by atoms with Gasteiger partial charge in [0, 0.05) is 31.1 Å². The van der Waals surface area contributed by atoms with E-state index in [1.807, 2.05) is 6.07 Å². The number of nitrogens with zero attached hydrogens (tertiary/aromatic N) is 4. The van der Waals surface area contributed by atoms with E-state index in [1.165, 1.54) is 6.42 Å². The summed E-state index contributed by atoms with van der Waals surface area (Å²) in [6.45, 7) is 2.19. The Morgan fingerprint density at radius 3 is 3.05 bits per heavy atom. The molecule has 1 atom stereocenters. The first-order valence-corrected chi connectivity index (χ1v) is 7.87. The molecule has 3 heterocycles. The zero-order valence-electron chi connectivity index (χ0n) is 11.5. The van der Waals surface area contributed by atoms with E-state index >= 15 is 0 Å². The standard InChI is InChI=1S/C14H18Cl2N4/c1-19-6-2-3-11(9-19)20-13(4-5-15)18-12-7-10(16)8-17-14(12)20/h7-8,11H,2-6,9H2,1H3. The fourth-order valence-corrected chi connectivity index (χ4v) is 3.32. The lowest BCUT2D eigenvalue weighted by molar-refractivity contribution is 0.212. The summed E-state index contributed by atoms with van der Waals surface area (Å²) in [5.74, 6) is 1.59. The van der Waals surface area contributed by atoms with Gasteiger partial charge in [0.25, 0.3) is 0 Å². The van der Waals surface area contributed by atoms with Crippen molar-refractivity contribution in [2.45, 2.75) is 25.3 Å². The molecule has 1 unspecified atom stereocenters. The van der Waals surface area contributed by atoms with Gasteiger partial charge in [-0.15, -0.1) is 11.6 Å². The number of pyridine rings is 1. The lowest BCUT2D eigenvalue weighted by Gasteiger charge is -2.31. The summed E-state index contributed by atoms with van der Waals surface area (Å²) in [5.41, 5.74) is 1.79. The average molecular weight is 313 g/mol. The number of aromatic nitrogens is 3. The van der Waals surface area contributed by atoms with Gasteiger partial charge in [-0.05, 0) is 32.5 Å². The SMILES string of the molecule is CN1CCCC(n2c(CCCl)nc3cc(Cl)cnc32)C1. The molecule has 0 saturated carbocycles. The molecule has 0 aliphatic carbocycles. The van der Waals surface area contributed by atoms with Gasteiger partial charge in [-0.3, -0.25) is 0 Å². The second-order valence-corrected chi connectivity index (χ2v) is 6.21. The quantitative estimate of drug-likeness (QED) is 0.817. The first-order valence-electron chi connectivity index (χ1n) is 6.96. The number of imidazole rings is 1. The Bertz CT molecular complexity index is 610. The van der Waals surface area contributed by atoms with Crippen LogP contribution in [-0.2, 0) is 6.42 Å². The first kappa shape index (κ1) is 14.1. The maximum Gasteiger partial charge on any atom is 0.160 e. The predicted octanol–water partition coefficient (Wildman–Crippen LogP) is 3.13. The molecule has 0 aromatic carbocycles. The molecule has 0 radical (unpaired) electrons. The van der Waals surface area contributed by atoms with Crippen LogP contribution < -0.4 is 0 Å². The molecule has 0 amide bonds. The van der Waals surface area contributed by atoms with Gasteiger partial charge in [-0.25, -0.2) is 9.97 Å². The molecule has 1 aliphatic rings. The number of aryl methyl sites for hydroxylation is 1. The van der Waals surface area contributed by atoms with Gasteiger partial charge in [0.05, 0.1) is 5.02 Å². The number of likely N-dealkylation sites (N-methyl/N-ethyl adjacent to an activating group) is 1. The summed E-state index contributed by atoms with van der Waals surface area (Å²) < 4.78 is 2.27. The van der Waals surface area contributed by atoms with Crippen molar-refractivity contribution in [1.29, 1.82) is 0 Å². The summed E-state index contributed by atoms with van der Waals surface area (Å²) in [5, 5.41) is 0.625. The van der Waals surface area contributed by atoms with Crippen molar-refractivity contribution >= 4 is 34.4 Å². The average Bonchev–Trinajstić information content (AvgIpc) is 2.76. The van der Waals surface area contributed by atoms with E-state index in [1.54, 1.807) is 6.20 Å². The minimum atomic E-state index is 0.422. The smallest absolute Gasteiger partial charge is 0.160 e. The molecular formula is C14H18Cl2N4. The van der Waals surface area contributed by atoms with Crippen molar-refractivity contribution < 1.29 is 0 Å². The lowest BCUT2D eigenvalue weighted by atomic mass is 10.1. The molecule has 6 heteroatoms. The molecule has 108 valence electrons. The summed E-state index contributed by atoms with van der Waals surface area (Å²) in [6.07, 6.45) is 4.82. The van der Waals surface area contributed by atoms with Gasteiger partial charge in [0.2, 0.25) is 0 Å². The molecule has 0 N–H and O–H groups in total. The van der Waals surface area contributed by atoms with Crippen LogP contribution in [-0.4, -0.2) is 45.5 Å². The predicted molar refractivity (Wildman–Crippen MR) is 82.7 cm³/mol. The molecular weight excluding hydrogens is 295 g/mol. The highest BCUT2D eigenvalue weighted by Crippen LogP contribution is 2.28. The van der Waals surface area contributed by atoms with Gasteiger partial charge < -0.3 is 9.47 Å². The van der Waals surface area contributed by atoms with Crippen molar-refractivity contribution in [3.8, 4) is 0 Å². The van der Waals surface area contributed by atoms with E-state index < -0.39 is 0 Å². The first-order chi connectivity index (χ1) is 9.69. The highest BCUT2D eigenvalue weighted by molar-refractivity contribution is 6.31. The van der Waals surface area contributed by atoms with Crippen LogP contribution in [0.25, 0.3) is 11.2 Å². The molecule has 2 aromatic heterocycles. The number of hydrogen-bond donors (Lipinski definition) is 0. The molecule has 20 heavy (non-hydrogen) atoms. The van der Waals surface area contributed by atoms with Gasteiger partial charge in [0.1, 0.15) is 11.3 Å². The van der Waals surface area contributed by atoms with Crippen molar-refractivity contribution in [1.82, 2.24) is 19.4 Å². The van der Waals surface area contributed by atoms with Crippen molar-refractivity contribution in [3.05, 3.63) is 23.1 Å². The van der Waals surface area contributed by atoms with E-state index in [0.717, 1.165) is 42.9 Å². The van der Waals surface area contributed by atoms with Gasteiger partial charge in [0.15, 0.2) is 5.65 Å². The minimum Gasteiger partial charge on any atom is -0.308 e. The number of rotatable bonds is 3. The Kier molecular flexibility index (Phi) is 4.15. The van der Waals surface area contributed by atoms with E-state index in [0.29, 0.717) is 16.9 Å². The van der Waals surface area contributed by atoms with Gasteiger partial charge in [-0.2, -0.15) is 0 Å². The van der Waals surface area contributed by atoms with Crippen LogP contribution in [0.5, 0.6) is 0 Å². The van der Waals surface area contributed by atoms with Crippen LogP contribution in [0.1, 0.15) is 24.7 Å². The molecule has 3 rings (SSSR count). The Morgan fingerprint density at radius 1 is 1.45 bits per heavy atom. The van der Waals surface area contributed by atoms with E-state index in [-0.39, 0.29) is 0 Å². The van der Waals surface area contributed by atoms with E-state index in [2.05, 4.69) is 26.5 Å². The van der Waals surface area contributed by atoms with Crippen LogP contribution in [0, 0.1) is 0 Å². The molecule has 1 aliphatic heterocycles. The van der Waals surface area contributed by atoms with Gasteiger partial charge in [-0.1, -0.05) is 11.6 Å². The topological polar surface area (TPSA) is 34.0 Å². The summed E-state index contributed by atoms with van der Waals surface area (Å²) >= 11 is 11.9. The summed E-state index contributed by atoms with van der Waals surface area (Å²) in [7, 11) is 2.16. The Morgan fingerprint density at radius 2 is 2.30 bits per heavy atom. The van der Waals surface area contributed by atoms with Crippen molar-refractivity contribution in [3.63, 3.8) is 0 Å². The molecule has 2 aromatic rings. The lowest BCUT2D eigenvalue weighted by Crippen LogP contribution is -2.34. The fourth-order valence-electron chi connectivity index (χ4n) is 3.00. The van der Waals surface area contributed by atoms with Crippen LogP contribution in [0.15, 0.2) is 12.3 Å². The number of alkyl halides is 1. The Labute approximate surface area is 128 Å². The van der Waals surface area contributed by atoms with Crippen LogP contribution in [0.4, 0.5) is 0 Å². The molecule has 4 nitrogen and oxygen atoms in total. The monoisotopic (exact) mass is 312 g/mol. The molecule has 0 bridgehead atoms. The van der Waals surface area contributed by atoms with E-state index in [4.69, 9.17) is 23.2 Å². The maximum absolute atomic E-state index is 6.02. The molecule has 1 saturated heterocycles. The third kappa shape index (κ3) is 2.65. The summed E-state index contributed by atoms with van der Waals surface area (Å²) in [4.78, 5) is 11.5. The minimum absolute atomic E-state index is 0.422. The fraction of sp³-hybridized carbons (Fsp3) is 0.571. The largest absolute Gasteiger partial charge is 0.308 e. The number of likely N-dealkylation sites (tertiary alicyclic amines) is 1. The van der Waals surface area contributed by atoms with Gasteiger partial charge >= 0.3 is 0 Å². The van der Waals surface area contributed by atoms with Crippen LogP contribution >= 0.6 is 23.2 Å². The molecule has 0 spiro atoms. The zero-order chi connectivity index (χ0) is 14.1. The number of hydrogen-bond acceptors (Lipinski definition) is 3. The van der Waals surface area contributed by atoms with Crippen LogP contribution in [0.3, 0.4) is 0 Å². The second-order valence-electron chi connectivity index (χ2n) is 5.39. The maximum atomic E-state index is 6.02. The number of halogens is 2. The van der Waals surface area contributed by atoms with Crippen LogP contribution in [0.2, 0.25) is 5.02 Å². The van der Waals surface area contributed by atoms with E-state index in [9.17, 15) is 0 Å². The highest BCUT2D eigenvalue weighted by atomic mass is 35.5.